The number of nitrogens with zero attached hydrogens (tertiary/aromatic N) is 7. The quantitative estimate of drug-likeness (QED) is 0.359. The average Bonchev–Trinajstić information content (AvgIpc) is 3.54. The van der Waals surface area contributed by atoms with Gasteiger partial charge in [-0.3, -0.25) is 4.79 Å². The minimum absolute atomic E-state index is 0.0664. The van der Waals surface area contributed by atoms with Gasteiger partial charge < -0.3 is 10.6 Å². The summed E-state index contributed by atoms with van der Waals surface area (Å²) in [7, 11) is 1.66. The van der Waals surface area contributed by atoms with Gasteiger partial charge in [-0.2, -0.15) is 28.5 Å². The fourth-order valence-electron chi connectivity index (χ4n) is 3.69. The number of anilines is 2. The monoisotopic (exact) mass is 513 g/mol. The SMILES string of the molecule is CNc1ncc(-n2ncc(C(=O)Nc3cnc(-n4nccn4)c(Cl)c3)c2C(F)(F)F)c2ccccc12. The highest BCUT2D eigenvalue weighted by atomic mass is 35.5. The summed E-state index contributed by atoms with van der Waals surface area (Å²) in [5.74, 6) is -0.362. The number of nitrogens with one attached hydrogen (secondary N) is 2. The van der Waals surface area contributed by atoms with Crippen molar-refractivity contribution in [3.05, 3.63) is 77.6 Å². The molecule has 0 saturated heterocycles. The summed E-state index contributed by atoms with van der Waals surface area (Å²) >= 11 is 6.20. The molecule has 0 aliphatic rings. The number of alkyl halides is 3. The standard InChI is InChI=1S/C22H15ClF3N9O/c1-27-19-14-5-3-2-4-13(14)17(11-28-19)34-18(22(24,25)26)15(10-32-34)21(36)33-12-8-16(23)20(29-9-12)35-30-6-7-31-35/h2-11H,1H3,(H,27,28)(H,33,36). The van der Waals surface area contributed by atoms with Gasteiger partial charge in [0.25, 0.3) is 5.91 Å². The maximum absolute atomic E-state index is 14.2. The molecule has 0 radical (unpaired) electrons. The largest absolute Gasteiger partial charge is 0.434 e. The first kappa shape index (κ1) is 23.2. The van der Waals surface area contributed by atoms with Crippen LogP contribution < -0.4 is 10.6 Å². The number of aromatic nitrogens is 7. The Morgan fingerprint density at radius 3 is 2.39 bits per heavy atom. The molecule has 0 aliphatic carbocycles. The topological polar surface area (TPSA) is 115 Å². The molecule has 0 aliphatic heterocycles. The number of fused-ring (bicyclic) bond motifs is 1. The van der Waals surface area contributed by atoms with Crippen molar-refractivity contribution >= 4 is 39.8 Å². The molecule has 5 aromatic rings. The second kappa shape index (κ2) is 8.92. The highest BCUT2D eigenvalue weighted by Gasteiger charge is 2.41. The van der Waals surface area contributed by atoms with Crippen molar-refractivity contribution in [2.45, 2.75) is 6.18 Å². The van der Waals surface area contributed by atoms with Crippen molar-refractivity contribution in [3.63, 3.8) is 0 Å². The Hall–Kier alpha value is -4.52. The zero-order valence-electron chi connectivity index (χ0n) is 18.3. The van der Waals surface area contributed by atoms with E-state index in [0.717, 1.165) is 11.0 Å². The van der Waals surface area contributed by atoms with Crippen LogP contribution in [0.1, 0.15) is 16.1 Å². The molecule has 36 heavy (non-hydrogen) atoms. The van der Waals surface area contributed by atoms with Gasteiger partial charge in [0.1, 0.15) is 5.82 Å². The van der Waals surface area contributed by atoms with Crippen LogP contribution in [0, 0.1) is 0 Å². The number of carbonyl (C=O) groups excluding carboxylic acids is 1. The van der Waals surface area contributed by atoms with Gasteiger partial charge in [-0.1, -0.05) is 35.9 Å². The number of benzene rings is 1. The van der Waals surface area contributed by atoms with Crippen molar-refractivity contribution in [2.24, 2.45) is 0 Å². The molecule has 2 N–H and O–H groups in total. The fraction of sp³-hybridized carbons (Fsp3) is 0.0909. The lowest BCUT2D eigenvalue weighted by molar-refractivity contribution is -0.143. The van der Waals surface area contributed by atoms with Gasteiger partial charge in [0.05, 0.1) is 52.9 Å². The van der Waals surface area contributed by atoms with Gasteiger partial charge >= 0.3 is 6.18 Å². The van der Waals surface area contributed by atoms with Gasteiger partial charge in [0, 0.05) is 17.8 Å². The minimum Gasteiger partial charge on any atom is -0.373 e. The third-order valence-electron chi connectivity index (χ3n) is 5.21. The Balaban J connectivity index is 1.54. The summed E-state index contributed by atoms with van der Waals surface area (Å²) in [6.45, 7) is 0. The number of hydrogen-bond acceptors (Lipinski definition) is 7. The molecular weight excluding hydrogens is 499 g/mol. The van der Waals surface area contributed by atoms with E-state index in [1.807, 2.05) is 0 Å². The van der Waals surface area contributed by atoms with Gasteiger partial charge in [0.15, 0.2) is 11.5 Å². The molecule has 1 aromatic carbocycles. The zero-order valence-corrected chi connectivity index (χ0v) is 19.1. The molecule has 4 aromatic heterocycles. The Morgan fingerprint density at radius 2 is 1.72 bits per heavy atom. The zero-order chi connectivity index (χ0) is 25.4. The maximum atomic E-state index is 14.2. The summed E-state index contributed by atoms with van der Waals surface area (Å²) in [5.41, 5.74) is -1.79. The van der Waals surface area contributed by atoms with E-state index in [9.17, 15) is 18.0 Å². The molecule has 14 heteroatoms. The molecule has 10 nitrogen and oxygen atoms in total. The molecule has 182 valence electrons. The molecule has 0 bridgehead atoms. The molecular formula is C22H15ClF3N9O. The predicted molar refractivity (Wildman–Crippen MR) is 126 cm³/mol. The van der Waals surface area contributed by atoms with E-state index in [0.29, 0.717) is 21.3 Å². The number of rotatable bonds is 5. The van der Waals surface area contributed by atoms with Crippen molar-refractivity contribution in [3.8, 4) is 11.5 Å². The van der Waals surface area contributed by atoms with Crippen LogP contribution in [0.5, 0.6) is 0 Å². The first-order chi connectivity index (χ1) is 17.3. The average molecular weight is 514 g/mol. The molecule has 1 amide bonds. The van der Waals surface area contributed by atoms with Crippen molar-refractivity contribution in [2.75, 3.05) is 17.7 Å². The van der Waals surface area contributed by atoms with Gasteiger partial charge in [-0.05, 0) is 6.07 Å². The third kappa shape index (κ3) is 4.09. The first-order valence-corrected chi connectivity index (χ1v) is 10.7. The third-order valence-corrected chi connectivity index (χ3v) is 5.49. The Labute approximate surface area is 205 Å². The highest BCUT2D eigenvalue weighted by molar-refractivity contribution is 6.32. The Morgan fingerprint density at radius 1 is 1.00 bits per heavy atom. The fourth-order valence-corrected chi connectivity index (χ4v) is 3.93. The molecule has 0 atom stereocenters. The molecule has 0 fully saturated rings. The van der Waals surface area contributed by atoms with E-state index in [1.165, 1.54) is 30.9 Å². The van der Waals surface area contributed by atoms with Crippen LogP contribution in [-0.4, -0.2) is 47.7 Å². The first-order valence-electron chi connectivity index (χ1n) is 10.3. The van der Waals surface area contributed by atoms with Gasteiger partial charge in [-0.25, -0.2) is 14.6 Å². The second-order valence-corrected chi connectivity index (χ2v) is 7.81. The van der Waals surface area contributed by atoms with Crippen molar-refractivity contribution < 1.29 is 18.0 Å². The Bertz CT molecular complexity index is 1580. The second-order valence-electron chi connectivity index (χ2n) is 7.41. The van der Waals surface area contributed by atoms with Crippen LogP contribution in [0.2, 0.25) is 5.02 Å². The van der Waals surface area contributed by atoms with Gasteiger partial charge in [-0.15, -0.1) is 4.80 Å². The molecule has 5 rings (SSSR count). The Kier molecular flexibility index (Phi) is 5.76. The highest BCUT2D eigenvalue weighted by Crippen LogP contribution is 2.36. The van der Waals surface area contributed by atoms with Crippen LogP contribution in [0.25, 0.3) is 22.3 Å². The summed E-state index contributed by atoms with van der Waals surface area (Å²) in [6, 6.07) is 8.14. The van der Waals surface area contributed by atoms with Crippen LogP contribution in [0.3, 0.4) is 0 Å². The molecule has 0 spiro atoms. The normalized spacial score (nSPS) is 11.6. The van der Waals surface area contributed by atoms with E-state index in [2.05, 4.69) is 35.9 Å². The van der Waals surface area contributed by atoms with E-state index in [4.69, 9.17) is 11.6 Å². The number of hydrogen-bond donors (Lipinski definition) is 2. The van der Waals surface area contributed by atoms with Crippen molar-refractivity contribution in [1.82, 2.24) is 34.7 Å². The maximum Gasteiger partial charge on any atom is 0.434 e. The molecule has 0 unspecified atom stereocenters. The van der Waals surface area contributed by atoms with E-state index < -0.39 is 23.3 Å². The lowest BCUT2D eigenvalue weighted by Gasteiger charge is -2.15. The van der Waals surface area contributed by atoms with Crippen molar-refractivity contribution in [1.29, 1.82) is 0 Å². The summed E-state index contributed by atoms with van der Waals surface area (Å²) in [6.07, 6.45) is 1.30. The minimum atomic E-state index is -4.91. The van der Waals surface area contributed by atoms with Crippen LogP contribution in [0.4, 0.5) is 24.7 Å². The smallest absolute Gasteiger partial charge is 0.373 e. The number of amides is 1. The number of pyridine rings is 2. The number of halogens is 4. The van der Waals surface area contributed by atoms with E-state index in [-0.39, 0.29) is 22.2 Å². The van der Waals surface area contributed by atoms with E-state index in [1.54, 1.807) is 31.3 Å². The molecule has 4 heterocycles. The lowest BCUT2D eigenvalue weighted by Crippen LogP contribution is -2.21. The lowest BCUT2D eigenvalue weighted by atomic mass is 10.1. The van der Waals surface area contributed by atoms with E-state index >= 15 is 0 Å². The van der Waals surface area contributed by atoms with Crippen LogP contribution >= 0.6 is 11.6 Å². The van der Waals surface area contributed by atoms with Crippen LogP contribution in [-0.2, 0) is 6.18 Å². The van der Waals surface area contributed by atoms with Gasteiger partial charge in [0.2, 0.25) is 0 Å². The van der Waals surface area contributed by atoms with Crippen LogP contribution in [0.15, 0.2) is 61.3 Å². The summed E-state index contributed by atoms with van der Waals surface area (Å²) in [5, 5.41) is 18.2. The summed E-state index contributed by atoms with van der Waals surface area (Å²) in [4.78, 5) is 22.4. The predicted octanol–water partition coefficient (Wildman–Crippen LogP) is 4.36. The molecule has 0 saturated carbocycles. The number of carbonyl (C=O) groups is 1. The summed E-state index contributed by atoms with van der Waals surface area (Å²) < 4.78 is 43.3.